The second-order valence-electron chi connectivity index (χ2n) is 10.7. The molecule has 2 unspecified atom stereocenters. The minimum Gasteiger partial charge on any atom is -0.444 e. The molecule has 0 fully saturated rings. The number of rotatable bonds is 12. The molecule has 9 heteroatoms. The third kappa shape index (κ3) is 9.74. The van der Waals surface area contributed by atoms with Gasteiger partial charge in [-0.1, -0.05) is 55.8 Å². The van der Waals surface area contributed by atoms with Crippen molar-refractivity contribution in [3.8, 4) is 0 Å². The van der Waals surface area contributed by atoms with Crippen molar-refractivity contribution < 1.29 is 23.9 Å². The van der Waals surface area contributed by atoms with Gasteiger partial charge in [0.2, 0.25) is 11.8 Å². The molecule has 0 aromatic heterocycles. The molecule has 0 radical (unpaired) electrons. The van der Waals surface area contributed by atoms with Gasteiger partial charge in [-0.3, -0.25) is 14.4 Å². The van der Waals surface area contributed by atoms with Crippen LogP contribution in [0.3, 0.4) is 0 Å². The molecule has 0 spiro atoms. The van der Waals surface area contributed by atoms with Crippen LogP contribution in [0.5, 0.6) is 0 Å². The van der Waals surface area contributed by atoms with Gasteiger partial charge in [-0.15, -0.1) is 0 Å². The molecule has 0 bridgehead atoms. The lowest BCUT2D eigenvalue weighted by atomic mass is 9.97. The number of anilines is 1. The van der Waals surface area contributed by atoms with E-state index in [2.05, 4.69) is 10.6 Å². The highest BCUT2D eigenvalue weighted by molar-refractivity contribution is 5.99. The fourth-order valence-corrected chi connectivity index (χ4v) is 4.15. The fraction of sp³-hybridized carbons (Fsp3) is 0.467. The van der Waals surface area contributed by atoms with Crippen molar-refractivity contribution >= 4 is 29.5 Å². The minimum absolute atomic E-state index is 0.0318. The number of amides is 4. The number of primary amides is 1. The summed E-state index contributed by atoms with van der Waals surface area (Å²) in [5.41, 5.74) is 7.61. The van der Waals surface area contributed by atoms with Gasteiger partial charge in [0.25, 0.3) is 5.91 Å². The summed E-state index contributed by atoms with van der Waals surface area (Å²) in [6, 6.07) is 12.7. The number of nitrogens with zero attached hydrogens (tertiary/aromatic N) is 1. The van der Waals surface area contributed by atoms with E-state index in [1.54, 1.807) is 26.8 Å². The Bertz CT molecular complexity index is 1160. The van der Waals surface area contributed by atoms with Crippen LogP contribution < -0.4 is 16.4 Å². The Balaban J connectivity index is 2.55. The van der Waals surface area contributed by atoms with Gasteiger partial charge < -0.3 is 26.0 Å². The normalized spacial score (nSPS) is 12.7. The Kier molecular flexibility index (Phi) is 11.5. The van der Waals surface area contributed by atoms with Gasteiger partial charge in [0.1, 0.15) is 17.7 Å². The molecule has 2 atom stereocenters. The number of hydrogen-bond acceptors (Lipinski definition) is 5. The molecule has 39 heavy (non-hydrogen) atoms. The average molecular weight is 539 g/mol. The Hall–Kier alpha value is -3.88. The van der Waals surface area contributed by atoms with Gasteiger partial charge in [0.05, 0.1) is 0 Å². The second kappa shape index (κ2) is 14.3. The molecule has 0 aliphatic rings. The first-order valence-electron chi connectivity index (χ1n) is 13.3. The van der Waals surface area contributed by atoms with Crippen LogP contribution in [-0.4, -0.2) is 46.9 Å². The van der Waals surface area contributed by atoms with Crippen LogP contribution in [0.2, 0.25) is 0 Å². The van der Waals surface area contributed by atoms with Crippen molar-refractivity contribution in [3.63, 3.8) is 0 Å². The van der Waals surface area contributed by atoms with E-state index in [1.165, 1.54) is 4.90 Å². The zero-order chi connectivity index (χ0) is 29.2. The van der Waals surface area contributed by atoms with Gasteiger partial charge >= 0.3 is 6.09 Å². The van der Waals surface area contributed by atoms with Gasteiger partial charge in [-0.2, -0.15) is 0 Å². The maximum Gasteiger partial charge on any atom is 0.408 e. The maximum atomic E-state index is 14.1. The van der Waals surface area contributed by atoms with E-state index in [0.29, 0.717) is 17.7 Å². The van der Waals surface area contributed by atoms with Crippen molar-refractivity contribution in [1.29, 1.82) is 0 Å². The van der Waals surface area contributed by atoms with E-state index in [1.807, 2.05) is 63.2 Å². The lowest BCUT2D eigenvalue weighted by Gasteiger charge is -2.35. The number of alkyl carbamates (subject to hydrolysis) is 1. The second-order valence-corrected chi connectivity index (χ2v) is 10.7. The summed E-state index contributed by atoms with van der Waals surface area (Å²) in [4.78, 5) is 53.8. The summed E-state index contributed by atoms with van der Waals surface area (Å²) in [6.45, 7) is 11.2. The van der Waals surface area contributed by atoms with Gasteiger partial charge in [0.15, 0.2) is 0 Å². The van der Waals surface area contributed by atoms with Crippen LogP contribution in [0.15, 0.2) is 48.5 Å². The zero-order valence-corrected chi connectivity index (χ0v) is 23.9. The molecule has 0 aliphatic carbocycles. The molecule has 2 rings (SSSR count). The zero-order valence-electron chi connectivity index (χ0n) is 23.9. The summed E-state index contributed by atoms with van der Waals surface area (Å²) >= 11 is 0. The number of ether oxygens (including phenoxy) is 1. The average Bonchev–Trinajstić information content (AvgIpc) is 2.84. The highest BCUT2D eigenvalue weighted by Gasteiger charge is 2.36. The summed E-state index contributed by atoms with van der Waals surface area (Å²) in [5.74, 6) is -1.48. The van der Waals surface area contributed by atoms with Crippen LogP contribution in [-0.2, 0) is 19.1 Å². The van der Waals surface area contributed by atoms with E-state index < -0.39 is 35.6 Å². The number of nitrogens with one attached hydrogen (secondary N) is 2. The lowest BCUT2D eigenvalue weighted by Crippen LogP contribution is -2.53. The standard InChI is InChI=1S/C30H42N4O5/c1-7-8-19-34(28(37)24(17-18-25(31)35)33-29(38)39-30(4,5)6)26(22-15-11-9-13-20(22)2)27(36)32-23-16-12-10-14-21(23)3/h9-16,24,26H,7-8,17-19H2,1-6H3,(H2,31,35)(H,32,36)(H,33,38). The van der Waals surface area contributed by atoms with Gasteiger partial charge in [-0.25, -0.2) is 4.79 Å². The summed E-state index contributed by atoms with van der Waals surface area (Å²) in [7, 11) is 0. The Labute approximate surface area is 231 Å². The van der Waals surface area contributed by atoms with E-state index in [-0.39, 0.29) is 25.3 Å². The van der Waals surface area contributed by atoms with Crippen LogP contribution >= 0.6 is 0 Å². The topological polar surface area (TPSA) is 131 Å². The number of hydrogen-bond donors (Lipinski definition) is 3. The van der Waals surface area contributed by atoms with Gasteiger partial charge in [0, 0.05) is 18.7 Å². The molecule has 4 amide bonds. The summed E-state index contributed by atoms with van der Waals surface area (Å²) in [5, 5.41) is 5.60. The van der Waals surface area contributed by atoms with Gasteiger partial charge in [-0.05, 0) is 70.2 Å². The van der Waals surface area contributed by atoms with Crippen molar-refractivity contribution in [2.75, 3.05) is 11.9 Å². The lowest BCUT2D eigenvalue weighted by molar-refractivity contribution is -0.141. The molecular formula is C30H42N4O5. The number of para-hydroxylation sites is 1. The minimum atomic E-state index is -1.12. The monoisotopic (exact) mass is 538 g/mol. The summed E-state index contributed by atoms with van der Waals surface area (Å²) < 4.78 is 5.37. The van der Waals surface area contributed by atoms with E-state index in [9.17, 15) is 19.2 Å². The predicted molar refractivity (Wildman–Crippen MR) is 152 cm³/mol. The molecule has 212 valence electrons. The van der Waals surface area contributed by atoms with E-state index in [4.69, 9.17) is 10.5 Å². The molecule has 0 saturated carbocycles. The largest absolute Gasteiger partial charge is 0.444 e. The molecule has 2 aromatic carbocycles. The number of nitrogens with two attached hydrogens (primary N) is 1. The van der Waals surface area contributed by atoms with Crippen LogP contribution in [0, 0.1) is 13.8 Å². The molecule has 0 heterocycles. The van der Waals surface area contributed by atoms with E-state index >= 15 is 0 Å². The third-order valence-electron chi connectivity index (χ3n) is 6.15. The molecular weight excluding hydrogens is 496 g/mol. The molecule has 4 N–H and O–H groups in total. The molecule has 0 saturated heterocycles. The Morgan fingerprint density at radius 1 is 0.974 bits per heavy atom. The number of aryl methyl sites for hydroxylation is 2. The van der Waals surface area contributed by atoms with Crippen LogP contribution in [0.1, 0.15) is 76.1 Å². The highest BCUT2D eigenvalue weighted by atomic mass is 16.6. The Morgan fingerprint density at radius 2 is 1.59 bits per heavy atom. The molecule has 9 nitrogen and oxygen atoms in total. The first kappa shape index (κ1) is 31.3. The number of carbonyl (C=O) groups is 4. The number of unbranched alkanes of at least 4 members (excludes halogenated alkanes) is 1. The van der Waals surface area contributed by atoms with Crippen molar-refractivity contribution in [1.82, 2.24) is 10.2 Å². The van der Waals surface area contributed by atoms with E-state index in [0.717, 1.165) is 17.5 Å². The molecule has 2 aromatic rings. The quantitative estimate of drug-likeness (QED) is 0.358. The Morgan fingerprint density at radius 3 is 2.15 bits per heavy atom. The summed E-state index contributed by atoms with van der Waals surface area (Å²) in [6.07, 6.45) is 0.446. The third-order valence-corrected chi connectivity index (χ3v) is 6.15. The first-order chi connectivity index (χ1) is 18.3. The number of benzene rings is 2. The van der Waals surface area contributed by atoms with Crippen LogP contribution in [0.4, 0.5) is 10.5 Å². The van der Waals surface area contributed by atoms with Crippen molar-refractivity contribution in [3.05, 3.63) is 65.2 Å². The predicted octanol–water partition coefficient (Wildman–Crippen LogP) is 4.77. The molecule has 0 aliphatic heterocycles. The smallest absolute Gasteiger partial charge is 0.408 e. The highest BCUT2D eigenvalue weighted by Crippen LogP contribution is 2.28. The maximum absolute atomic E-state index is 14.1. The van der Waals surface area contributed by atoms with Crippen molar-refractivity contribution in [2.24, 2.45) is 5.73 Å². The fourth-order valence-electron chi connectivity index (χ4n) is 4.15. The van der Waals surface area contributed by atoms with Crippen molar-refractivity contribution in [2.45, 2.75) is 84.9 Å². The van der Waals surface area contributed by atoms with Crippen LogP contribution in [0.25, 0.3) is 0 Å². The SMILES string of the molecule is CCCCN(C(=O)C(CCC(N)=O)NC(=O)OC(C)(C)C)C(C(=O)Nc1ccccc1C)c1ccccc1C. The first-order valence-corrected chi connectivity index (χ1v) is 13.3. The number of carbonyl (C=O) groups excluding carboxylic acids is 4.